The van der Waals surface area contributed by atoms with Gasteiger partial charge in [0.1, 0.15) is 11.6 Å². The Bertz CT molecular complexity index is 973. The van der Waals surface area contributed by atoms with Crippen LogP contribution < -0.4 is 0 Å². The molecular formula is C21H23FN4OS. The summed E-state index contributed by atoms with van der Waals surface area (Å²) in [6.07, 6.45) is 0. The topological polar surface area (TPSA) is 51.0 Å². The van der Waals surface area contributed by atoms with Gasteiger partial charge in [0.05, 0.1) is 11.4 Å². The van der Waals surface area contributed by atoms with Crippen molar-refractivity contribution in [2.45, 2.75) is 32.5 Å². The molecule has 0 atom stereocenters. The van der Waals surface area contributed by atoms with E-state index in [1.165, 1.54) is 23.9 Å². The van der Waals surface area contributed by atoms with E-state index < -0.39 is 0 Å². The van der Waals surface area contributed by atoms with Crippen LogP contribution in [0.5, 0.6) is 0 Å². The van der Waals surface area contributed by atoms with Crippen LogP contribution in [0.15, 0.2) is 53.7 Å². The van der Waals surface area contributed by atoms with E-state index in [4.69, 9.17) is 0 Å². The third-order valence-corrected chi connectivity index (χ3v) is 5.39. The van der Waals surface area contributed by atoms with Crippen LogP contribution in [-0.4, -0.2) is 37.9 Å². The molecule has 0 spiro atoms. The minimum absolute atomic E-state index is 0.0197. The number of aromatic nitrogens is 3. The fourth-order valence-corrected chi connectivity index (χ4v) is 3.87. The molecule has 0 radical (unpaired) electrons. The largest absolute Gasteiger partial charge is 0.338 e. The van der Waals surface area contributed by atoms with Crippen LogP contribution in [0, 0.1) is 19.7 Å². The Labute approximate surface area is 168 Å². The summed E-state index contributed by atoms with van der Waals surface area (Å²) in [4.78, 5) is 14.4. The van der Waals surface area contributed by atoms with Gasteiger partial charge in [-0.1, -0.05) is 42.1 Å². The number of carbonyl (C=O) groups excluding carboxylic acids is 1. The summed E-state index contributed by atoms with van der Waals surface area (Å²) in [5.74, 6) is 0.704. The average molecular weight is 399 g/mol. The molecule has 0 aliphatic heterocycles. The molecule has 0 saturated carbocycles. The molecule has 3 rings (SSSR count). The van der Waals surface area contributed by atoms with Gasteiger partial charge in [-0.25, -0.2) is 4.39 Å². The average Bonchev–Trinajstić information content (AvgIpc) is 3.05. The number of carbonyl (C=O) groups is 1. The van der Waals surface area contributed by atoms with Gasteiger partial charge in [0.2, 0.25) is 5.91 Å². The van der Waals surface area contributed by atoms with Gasteiger partial charge in [-0.2, -0.15) is 0 Å². The Morgan fingerprint density at radius 3 is 2.64 bits per heavy atom. The molecule has 5 nitrogen and oxygen atoms in total. The van der Waals surface area contributed by atoms with Crippen LogP contribution in [-0.2, 0) is 11.3 Å². The lowest BCUT2D eigenvalue weighted by Gasteiger charge is -2.21. The minimum atomic E-state index is -0.294. The second-order valence-electron chi connectivity index (χ2n) is 6.48. The van der Waals surface area contributed by atoms with Crippen LogP contribution in [0.2, 0.25) is 0 Å². The molecule has 1 amide bonds. The smallest absolute Gasteiger partial charge is 0.233 e. The molecule has 0 fully saturated rings. The number of amides is 1. The monoisotopic (exact) mass is 398 g/mol. The Balaban J connectivity index is 1.71. The van der Waals surface area contributed by atoms with E-state index in [-0.39, 0.29) is 17.5 Å². The number of hydrogen-bond acceptors (Lipinski definition) is 4. The van der Waals surface area contributed by atoms with Crippen molar-refractivity contribution in [3.63, 3.8) is 0 Å². The maximum absolute atomic E-state index is 13.4. The summed E-state index contributed by atoms with van der Waals surface area (Å²) >= 11 is 1.36. The van der Waals surface area contributed by atoms with Crippen LogP contribution in [0.25, 0.3) is 5.69 Å². The van der Waals surface area contributed by atoms with Crippen molar-refractivity contribution >= 4 is 17.7 Å². The summed E-state index contributed by atoms with van der Waals surface area (Å²) < 4.78 is 15.4. The highest BCUT2D eigenvalue weighted by Crippen LogP contribution is 2.24. The third kappa shape index (κ3) is 4.59. The van der Waals surface area contributed by atoms with E-state index in [1.807, 2.05) is 55.7 Å². The van der Waals surface area contributed by atoms with Gasteiger partial charge >= 0.3 is 0 Å². The van der Waals surface area contributed by atoms with Gasteiger partial charge in [0.15, 0.2) is 5.16 Å². The molecule has 0 bridgehead atoms. The normalized spacial score (nSPS) is 10.9. The molecule has 0 aliphatic carbocycles. The lowest BCUT2D eigenvalue weighted by molar-refractivity contribution is -0.128. The third-order valence-electron chi connectivity index (χ3n) is 4.47. The molecule has 1 aromatic heterocycles. The van der Waals surface area contributed by atoms with Gasteiger partial charge in [-0.05, 0) is 50.1 Å². The predicted octanol–water partition coefficient (Wildman–Crippen LogP) is 4.16. The van der Waals surface area contributed by atoms with Gasteiger partial charge in [0.25, 0.3) is 0 Å². The molecule has 28 heavy (non-hydrogen) atoms. The predicted molar refractivity (Wildman–Crippen MR) is 109 cm³/mol. The van der Waals surface area contributed by atoms with Crippen LogP contribution in [0.1, 0.15) is 23.9 Å². The zero-order chi connectivity index (χ0) is 20.1. The number of hydrogen-bond donors (Lipinski definition) is 0. The molecule has 0 saturated heterocycles. The first-order chi connectivity index (χ1) is 13.5. The highest BCUT2D eigenvalue weighted by atomic mass is 32.2. The SMILES string of the molecule is CCN(Cc1cccc(F)c1)C(=O)CSc1nnc(C)n1-c1ccccc1C. The fraction of sp³-hybridized carbons (Fsp3) is 0.286. The van der Waals surface area contributed by atoms with Crippen molar-refractivity contribution in [2.24, 2.45) is 0 Å². The lowest BCUT2D eigenvalue weighted by Crippen LogP contribution is -2.31. The first-order valence-electron chi connectivity index (χ1n) is 9.12. The first-order valence-corrected chi connectivity index (χ1v) is 10.1. The second kappa shape index (κ2) is 9.01. The number of rotatable bonds is 7. The zero-order valence-electron chi connectivity index (χ0n) is 16.2. The van der Waals surface area contributed by atoms with Gasteiger partial charge in [0, 0.05) is 13.1 Å². The second-order valence-corrected chi connectivity index (χ2v) is 7.42. The summed E-state index contributed by atoms with van der Waals surface area (Å²) in [6, 6.07) is 14.3. The van der Waals surface area contributed by atoms with Crippen LogP contribution in [0.3, 0.4) is 0 Å². The number of nitrogens with zero attached hydrogens (tertiary/aromatic N) is 4. The molecule has 1 heterocycles. The first kappa shape index (κ1) is 20.1. The van der Waals surface area contributed by atoms with Gasteiger partial charge < -0.3 is 4.90 Å². The Morgan fingerprint density at radius 2 is 1.93 bits per heavy atom. The Kier molecular flexibility index (Phi) is 6.46. The van der Waals surface area contributed by atoms with Crippen molar-refractivity contribution in [2.75, 3.05) is 12.3 Å². The van der Waals surface area contributed by atoms with Crippen molar-refractivity contribution in [3.8, 4) is 5.69 Å². The number of aryl methyl sites for hydroxylation is 2. The van der Waals surface area contributed by atoms with Crippen molar-refractivity contribution in [3.05, 3.63) is 71.3 Å². The van der Waals surface area contributed by atoms with E-state index in [0.29, 0.717) is 18.2 Å². The molecule has 0 aliphatic rings. The zero-order valence-corrected chi connectivity index (χ0v) is 17.0. The summed E-state index contributed by atoms with van der Waals surface area (Å²) in [5.41, 5.74) is 2.89. The number of halogens is 1. The van der Waals surface area contributed by atoms with Gasteiger partial charge in [-0.15, -0.1) is 10.2 Å². The number of benzene rings is 2. The van der Waals surface area contributed by atoms with E-state index >= 15 is 0 Å². The standard InChI is InChI=1S/C21H23FN4OS/c1-4-25(13-17-9-7-10-18(22)12-17)20(27)14-28-21-24-23-16(3)26(21)19-11-6-5-8-15(19)2/h5-12H,4,13-14H2,1-3H3. The molecule has 146 valence electrons. The maximum Gasteiger partial charge on any atom is 0.233 e. The summed E-state index contributed by atoms with van der Waals surface area (Å²) in [5, 5.41) is 9.10. The van der Waals surface area contributed by atoms with Crippen molar-refractivity contribution < 1.29 is 9.18 Å². The number of para-hydroxylation sites is 1. The highest BCUT2D eigenvalue weighted by Gasteiger charge is 2.17. The Hall–Kier alpha value is -2.67. The van der Waals surface area contributed by atoms with E-state index in [9.17, 15) is 9.18 Å². The quantitative estimate of drug-likeness (QED) is 0.561. The van der Waals surface area contributed by atoms with Crippen molar-refractivity contribution in [1.29, 1.82) is 0 Å². The van der Waals surface area contributed by atoms with Crippen LogP contribution in [0.4, 0.5) is 4.39 Å². The maximum atomic E-state index is 13.4. The fourth-order valence-electron chi connectivity index (χ4n) is 2.98. The van der Waals surface area contributed by atoms with Crippen molar-refractivity contribution in [1.82, 2.24) is 19.7 Å². The molecule has 7 heteroatoms. The number of thioether (sulfide) groups is 1. The minimum Gasteiger partial charge on any atom is -0.338 e. The van der Waals surface area contributed by atoms with E-state index in [0.717, 1.165) is 22.6 Å². The van der Waals surface area contributed by atoms with E-state index in [2.05, 4.69) is 10.2 Å². The van der Waals surface area contributed by atoms with Gasteiger partial charge in [-0.3, -0.25) is 9.36 Å². The summed E-state index contributed by atoms with van der Waals surface area (Å²) in [6.45, 7) is 6.79. The molecule has 3 aromatic rings. The molecule has 2 aromatic carbocycles. The Morgan fingerprint density at radius 1 is 1.14 bits per heavy atom. The van der Waals surface area contributed by atoms with Crippen LogP contribution >= 0.6 is 11.8 Å². The molecule has 0 unspecified atom stereocenters. The highest BCUT2D eigenvalue weighted by molar-refractivity contribution is 7.99. The summed E-state index contributed by atoms with van der Waals surface area (Å²) in [7, 11) is 0. The molecular weight excluding hydrogens is 375 g/mol. The lowest BCUT2D eigenvalue weighted by atomic mass is 10.2. The molecule has 0 N–H and O–H groups in total. The van der Waals surface area contributed by atoms with E-state index in [1.54, 1.807) is 11.0 Å².